The number of likely N-dealkylation sites (tertiary alicyclic amines) is 1. The molecule has 0 unspecified atom stereocenters. The van der Waals surface area contributed by atoms with Gasteiger partial charge in [-0.15, -0.1) is 0 Å². The van der Waals surface area contributed by atoms with Gasteiger partial charge in [0.05, 0.1) is 23.6 Å². The van der Waals surface area contributed by atoms with E-state index in [1.54, 1.807) is 35.4 Å². The van der Waals surface area contributed by atoms with Gasteiger partial charge in [-0.05, 0) is 43.5 Å². The van der Waals surface area contributed by atoms with Gasteiger partial charge in [0.1, 0.15) is 17.4 Å². The van der Waals surface area contributed by atoms with Crippen LogP contribution in [0.1, 0.15) is 31.1 Å². The van der Waals surface area contributed by atoms with Gasteiger partial charge in [-0.3, -0.25) is 0 Å². The number of para-hydroxylation sites is 2. The molecule has 0 aliphatic carbocycles. The lowest BCUT2D eigenvalue weighted by atomic mass is 10.0. The SMILES string of the molecule is O=C(Nc1ccccc1OC(F)F)N1CCCC[C@@H]1c1ncc(-c2cccc(F)c2)[nH]1. The Morgan fingerprint density at radius 3 is 2.84 bits per heavy atom. The Bertz CT molecular complexity index is 1060. The number of carbonyl (C=O) groups excluding carboxylic acids is 1. The maximum atomic E-state index is 13.5. The maximum Gasteiger partial charge on any atom is 0.387 e. The van der Waals surface area contributed by atoms with E-state index in [2.05, 4.69) is 20.0 Å². The number of anilines is 1. The summed E-state index contributed by atoms with van der Waals surface area (Å²) in [5, 5.41) is 2.67. The minimum atomic E-state index is -3.00. The molecule has 3 aromatic rings. The summed E-state index contributed by atoms with van der Waals surface area (Å²) in [6.45, 7) is -2.50. The number of aromatic amines is 1. The molecule has 2 aromatic carbocycles. The van der Waals surface area contributed by atoms with E-state index in [4.69, 9.17) is 0 Å². The predicted molar refractivity (Wildman–Crippen MR) is 109 cm³/mol. The van der Waals surface area contributed by atoms with Crippen molar-refractivity contribution in [2.24, 2.45) is 0 Å². The molecule has 1 aliphatic rings. The van der Waals surface area contributed by atoms with Crippen LogP contribution in [0.4, 0.5) is 23.7 Å². The molecule has 1 atom stereocenters. The number of hydrogen-bond acceptors (Lipinski definition) is 3. The average molecular weight is 430 g/mol. The van der Waals surface area contributed by atoms with Crippen LogP contribution in [0.15, 0.2) is 54.7 Å². The van der Waals surface area contributed by atoms with E-state index in [9.17, 15) is 18.0 Å². The Hall–Kier alpha value is -3.49. The normalized spacial score (nSPS) is 16.4. The van der Waals surface area contributed by atoms with Gasteiger partial charge in [0.15, 0.2) is 0 Å². The highest BCUT2D eigenvalue weighted by molar-refractivity contribution is 5.91. The van der Waals surface area contributed by atoms with Crippen LogP contribution in [0.5, 0.6) is 5.75 Å². The van der Waals surface area contributed by atoms with Gasteiger partial charge in [-0.2, -0.15) is 8.78 Å². The molecule has 0 bridgehead atoms. The topological polar surface area (TPSA) is 70.2 Å². The molecule has 31 heavy (non-hydrogen) atoms. The molecule has 4 rings (SSSR count). The summed E-state index contributed by atoms with van der Waals surface area (Å²) >= 11 is 0. The highest BCUT2D eigenvalue weighted by atomic mass is 19.3. The molecule has 2 amide bonds. The Kier molecular flexibility index (Phi) is 6.11. The summed E-state index contributed by atoms with van der Waals surface area (Å²) in [6, 6.07) is 11.4. The maximum absolute atomic E-state index is 13.5. The molecule has 1 saturated heterocycles. The van der Waals surface area contributed by atoms with Crippen molar-refractivity contribution in [1.29, 1.82) is 0 Å². The van der Waals surface area contributed by atoms with Crippen LogP contribution in [-0.4, -0.2) is 34.1 Å². The second-order valence-electron chi connectivity index (χ2n) is 7.20. The number of ether oxygens (including phenoxy) is 1. The molecule has 0 saturated carbocycles. The van der Waals surface area contributed by atoms with Crippen molar-refractivity contribution >= 4 is 11.7 Å². The van der Waals surface area contributed by atoms with Crippen molar-refractivity contribution in [3.63, 3.8) is 0 Å². The molecule has 0 spiro atoms. The highest BCUT2D eigenvalue weighted by Gasteiger charge is 2.30. The first-order valence-corrected chi connectivity index (χ1v) is 9.93. The van der Waals surface area contributed by atoms with Crippen LogP contribution in [0.3, 0.4) is 0 Å². The number of halogens is 3. The fourth-order valence-electron chi connectivity index (χ4n) is 3.72. The molecule has 9 heteroatoms. The smallest absolute Gasteiger partial charge is 0.387 e. The molecule has 2 heterocycles. The molecule has 6 nitrogen and oxygen atoms in total. The third kappa shape index (κ3) is 4.82. The number of nitrogens with zero attached hydrogens (tertiary/aromatic N) is 2. The van der Waals surface area contributed by atoms with Gasteiger partial charge in [0.2, 0.25) is 0 Å². The third-order valence-electron chi connectivity index (χ3n) is 5.16. The number of piperidine rings is 1. The first-order chi connectivity index (χ1) is 15.0. The Morgan fingerprint density at radius 2 is 2.03 bits per heavy atom. The van der Waals surface area contributed by atoms with Gasteiger partial charge in [0.25, 0.3) is 0 Å². The number of rotatable bonds is 5. The van der Waals surface area contributed by atoms with Crippen molar-refractivity contribution in [2.45, 2.75) is 31.9 Å². The van der Waals surface area contributed by atoms with E-state index >= 15 is 0 Å². The van der Waals surface area contributed by atoms with Crippen LogP contribution in [0, 0.1) is 5.82 Å². The first kappa shape index (κ1) is 20.8. The number of urea groups is 1. The van der Waals surface area contributed by atoms with Crippen LogP contribution >= 0.6 is 0 Å². The van der Waals surface area contributed by atoms with Crippen LogP contribution < -0.4 is 10.1 Å². The predicted octanol–water partition coefficient (Wildman–Crippen LogP) is 5.58. The Labute approximate surface area is 177 Å². The monoisotopic (exact) mass is 430 g/mol. The summed E-state index contributed by atoms with van der Waals surface area (Å²) in [5.41, 5.74) is 1.47. The summed E-state index contributed by atoms with van der Waals surface area (Å²) in [5.74, 6) is 0.133. The summed E-state index contributed by atoms with van der Waals surface area (Å²) in [4.78, 5) is 22.2. The number of alkyl halides is 2. The van der Waals surface area contributed by atoms with Crippen molar-refractivity contribution < 1.29 is 22.7 Å². The molecule has 162 valence electrons. The lowest BCUT2D eigenvalue weighted by Gasteiger charge is -2.34. The number of hydrogen-bond donors (Lipinski definition) is 2. The Morgan fingerprint density at radius 1 is 1.19 bits per heavy atom. The van der Waals surface area contributed by atoms with Gasteiger partial charge >= 0.3 is 12.6 Å². The highest BCUT2D eigenvalue weighted by Crippen LogP contribution is 2.32. The van der Waals surface area contributed by atoms with Crippen molar-refractivity contribution in [3.8, 4) is 17.0 Å². The second kappa shape index (κ2) is 9.11. The van der Waals surface area contributed by atoms with Gasteiger partial charge in [-0.1, -0.05) is 24.3 Å². The molecule has 1 fully saturated rings. The number of carbonyl (C=O) groups is 1. The molecule has 0 radical (unpaired) electrons. The minimum absolute atomic E-state index is 0.106. The van der Waals surface area contributed by atoms with Crippen LogP contribution in [0.25, 0.3) is 11.3 Å². The van der Waals surface area contributed by atoms with Crippen molar-refractivity contribution in [1.82, 2.24) is 14.9 Å². The zero-order chi connectivity index (χ0) is 21.8. The fraction of sp³-hybridized carbons (Fsp3) is 0.273. The molecular formula is C22H21F3N4O2. The standard InChI is InChI=1S/C22H21F3N4O2/c23-15-7-5-6-14(12-15)17-13-26-20(27-17)18-9-3-4-11-29(18)22(30)28-16-8-1-2-10-19(16)31-21(24)25/h1-2,5-8,10,12-13,18,21H,3-4,9,11H2,(H,26,27)(H,28,30)/t18-/m1/s1. The van der Waals surface area contributed by atoms with Gasteiger partial charge in [-0.25, -0.2) is 14.2 Å². The van der Waals surface area contributed by atoms with Gasteiger partial charge in [0, 0.05) is 12.1 Å². The first-order valence-electron chi connectivity index (χ1n) is 9.93. The van der Waals surface area contributed by atoms with Gasteiger partial charge < -0.3 is 19.9 Å². The number of aromatic nitrogens is 2. The molecule has 1 aromatic heterocycles. The van der Waals surface area contributed by atoms with Crippen molar-refractivity contribution in [2.75, 3.05) is 11.9 Å². The number of benzene rings is 2. The van der Waals surface area contributed by atoms with Crippen LogP contribution in [0.2, 0.25) is 0 Å². The lowest BCUT2D eigenvalue weighted by Crippen LogP contribution is -2.41. The van der Waals surface area contributed by atoms with E-state index < -0.39 is 12.6 Å². The lowest BCUT2D eigenvalue weighted by molar-refractivity contribution is -0.0493. The average Bonchev–Trinajstić information content (AvgIpc) is 3.25. The van der Waals surface area contributed by atoms with E-state index in [0.29, 0.717) is 30.0 Å². The minimum Gasteiger partial charge on any atom is -0.433 e. The van der Waals surface area contributed by atoms with Crippen LogP contribution in [-0.2, 0) is 0 Å². The number of nitrogens with one attached hydrogen (secondary N) is 2. The fourth-order valence-corrected chi connectivity index (χ4v) is 3.72. The molecule has 1 aliphatic heterocycles. The zero-order valence-electron chi connectivity index (χ0n) is 16.5. The largest absolute Gasteiger partial charge is 0.433 e. The zero-order valence-corrected chi connectivity index (χ0v) is 16.5. The summed E-state index contributed by atoms with van der Waals surface area (Å²) < 4.78 is 43.4. The number of H-pyrrole nitrogens is 1. The summed E-state index contributed by atoms with van der Waals surface area (Å²) in [6.07, 6.45) is 4.03. The van der Waals surface area contributed by atoms with E-state index in [1.165, 1.54) is 24.3 Å². The van der Waals surface area contributed by atoms with E-state index in [0.717, 1.165) is 12.8 Å². The molecular weight excluding hydrogens is 409 g/mol. The number of amides is 2. The third-order valence-corrected chi connectivity index (χ3v) is 5.16. The molecule has 2 N–H and O–H groups in total. The Balaban J connectivity index is 1.54. The quantitative estimate of drug-likeness (QED) is 0.556. The van der Waals surface area contributed by atoms with Crippen molar-refractivity contribution in [3.05, 3.63) is 66.4 Å². The number of imidazole rings is 1. The second-order valence-corrected chi connectivity index (χ2v) is 7.20. The van der Waals surface area contributed by atoms with E-state index in [-0.39, 0.29) is 23.3 Å². The van der Waals surface area contributed by atoms with E-state index in [1.807, 2.05) is 0 Å². The summed E-state index contributed by atoms with van der Waals surface area (Å²) in [7, 11) is 0.